The molecule has 0 aliphatic carbocycles. The van der Waals surface area contributed by atoms with E-state index in [1.54, 1.807) is 16.5 Å². The molecule has 7 nitrogen and oxygen atoms in total. The predicted molar refractivity (Wildman–Crippen MR) is 130 cm³/mol. The van der Waals surface area contributed by atoms with Crippen molar-refractivity contribution in [1.29, 1.82) is 0 Å². The fourth-order valence-corrected chi connectivity index (χ4v) is 4.86. The number of ether oxygens (including phenoxy) is 1. The average molecular weight is 479 g/mol. The normalized spacial score (nSPS) is 10.8. The van der Waals surface area contributed by atoms with Gasteiger partial charge in [0, 0.05) is 23.9 Å². The van der Waals surface area contributed by atoms with Crippen LogP contribution in [-0.4, -0.2) is 26.8 Å². The van der Waals surface area contributed by atoms with Crippen LogP contribution < -0.4 is 4.90 Å². The van der Waals surface area contributed by atoms with Crippen LogP contribution in [0.3, 0.4) is 0 Å². The van der Waals surface area contributed by atoms with E-state index in [2.05, 4.69) is 15.0 Å². The third-order valence-electron chi connectivity index (χ3n) is 5.00. The lowest BCUT2D eigenvalue weighted by Gasteiger charge is -2.21. The van der Waals surface area contributed by atoms with E-state index in [0.29, 0.717) is 16.5 Å². The van der Waals surface area contributed by atoms with Gasteiger partial charge in [0.05, 0.1) is 29.2 Å². The van der Waals surface area contributed by atoms with Crippen LogP contribution in [0.4, 0.5) is 10.8 Å². The number of aromatic nitrogens is 3. The minimum atomic E-state index is -0.389. The first kappa shape index (κ1) is 22.8. The molecule has 4 aromatic rings. The zero-order chi connectivity index (χ0) is 23.4. The van der Waals surface area contributed by atoms with Crippen molar-refractivity contribution in [2.45, 2.75) is 33.8 Å². The Kier molecular flexibility index (Phi) is 6.90. The van der Waals surface area contributed by atoms with Crippen LogP contribution >= 0.6 is 22.7 Å². The molecule has 1 aromatic carbocycles. The molecule has 9 heteroatoms. The van der Waals surface area contributed by atoms with Crippen LogP contribution in [0.1, 0.15) is 29.4 Å². The molecule has 0 spiro atoms. The molecular formula is C24H22N4O3S2. The highest BCUT2D eigenvalue weighted by atomic mass is 32.1. The minimum Gasteiger partial charge on any atom is -0.459 e. The lowest BCUT2D eigenvalue weighted by atomic mass is 10.1. The second-order valence-corrected chi connectivity index (χ2v) is 9.09. The summed E-state index contributed by atoms with van der Waals surface area (Å²) in [6, 6.07) is 11.4. The minimum absolute atomic E-state index is 0.0329. The van der Waals surface area contributed by atoms with Gasteiger partial charge in [-0.2, -0.15) is 0 Å². The molecule has 3 aromatic heterocycles. The second kappa shape index (κ2) is 10.0. The maximum Gasteiger partial charge on any atom is 0.312 e. The van der Waals surface area contributed by atoms with Crippen molar-refractivity contribution in [3.05, 3.63) is 75.9 Å². The number of carbonyl (C=O) groups is 2. The van der Waals surface area contributed by atoms with Crippen LogP contribution in [0.15, 0.2) is 53.4 Å². The Balaban J connectivity index is 1.39. The quantitative estimate of drug-likeness (QED) is 0.337. The van der Waals surface area contributed by atoms with Crippen molar-refractivity contribution in [2.24, 2.45) is 0 Å². The van der Waals surface area contributed by atoms with E-state index in [4.69, 9.17) is 4.74 Å². The Morgan fingerprint density at radius 2 is 1.82 bits per heavy atom. The molecule has 0 unspecified atom stereocenters. The first-order valence-electron chi connectivity index (χ1n) is 10.2. The van der Waals surface area contributed by atoms with Crippen molar-refractivity contribution >= 4 is 45.4 Å². The molecule has 0 atom stereocenters. The molecule has 0 aliphatic rings. The molecule has 3 heterocycles. The van der Waals surface area contributed by atoms with Crippen molar-refractivity contribution in [1.82, 2.24) is 15.0 Å². The third kappa shape index (κ3) is 5.32. The smallest absolute Gasteiger partial charge is 0.312 e. The first-order chi connectivity index (χ1) is 15.9. The molecule has 0 aliphatic heterocycles. The van der Waals surface area contributed by atoms with Gasteiger partial charge in [-0.1, -0.05) is 18.2 Å². The topological polar surface area (TPSA) is 85.3 Å². The molecule has 33 heavy (non-hydrogen) atoms. The number of carbonyl (C=O) groups excluding carboxylic acids is 2. The number of rotatable bonds is 7. The summed E-state index contributed by atoms with van der Waals surface area (Å²) in [5, 5.41) is 4.94. The standard InChI is InChI=1S/C24H22N4O3S2/c1-15-7-6-9-21(16(15)2)28(17(3)29)24-27-19(14-33-24)12-31-22(30)11-18-13-32-23(26-18)20-8-4-5-10-25-20/h4-10,13-14H,11-12H2,1-3H3. The van der Waals surface area contributed by atoms with Crippen LogP contribution in [0, 0.1) is 13.8 Å². The Labute approximate surface area is 199 Å². The second-order valence-electron chi connectivity index (χ2n) is 7.39. The largest absolute Gasteiger partial charge is 0.459 e. The maximum absolute atomic E-state index is 12.4. The van der Waals surface area contributed by atoms with Gasteiger partial charge in [0.2, 0.25) is 5.91 Å². The fraction of sp³-hybridized carbons (Fsp3) is 0.208. The summed E-state index contributed by atoms with van der Waals surface area (Å²) in [5.41, 5.74) is 4.92. The monoisotopic (exact) mass is 478 g/mol. The summed E-state index contributed by atoms with van der Waals surface area (Å²) >= 11 is 2.78. The average Bonchev–Trinajstić information content (AvgIpc) is 3.46. The molecule has 0 radical (unpaired) electrons. The van der Waals surface area contributed by atoms with E-state index in [1.165, 1.54) is 29.6 Å². The molecule has 0 bridgehead atoms. The third-order valence-corrected chi connectivity index (χ3v) is 6.79. The van der Waals surface area contributed by atoms with Gasteiger partial charge in [-0.15, -0.1) is 22.7 Å². The van der Waals surface area contributed by atoms with Gasteiger partial charge in [0.15, 0.2) is 5.13 Å². The summed E-state index contributed by atoms with van der Waals surface area (Å²) in [5.74, 6) is -0.519. The number of hydrogen-bond donors (Lipinski definition) is 0. The highest BCUT2D eigenvalue weighted by molar-refractivity contribution is 7.14. The Morgan fingerprint density at radius 3 is 2.58 bits per heavy atom. The zero-order valence-electron chi connectivity index (χ0n) is 18.4. The van der Waals surface area contributed by atoms with Crippen molar-refractivity contribution in [3.8, 4) is 10.7 Å². The Bertz CT molecular complexity index is 1280. The number of aryl methyl sites for hydroxylation is 1. The van der Waals surface area contributed by atoms with Gasteiger partial charge in [-0.05, 0) is 43.2 Å². The van der Waals surface area contributed by atoms with Crippen molar-refractivity contribution < 1.29 is 14.3 Å². The molecule has 0 saturated carbocycles. The van der Waals surface area contributed by atoms with Crippen LogP contribution in [0.25, 0.3) is 10.7 Å². The lowest BCUT2D eigenvalue weighted by Crippen LogP contribution is -2.23. The molecule has 0 saturated heterocycles. The fourth-order valence-electron chi connectivity index (χ4n) is 3.20. The van der Waals surface area contributed by atoms with Gasteiger partial charge in [-0.3, -0.25) is 19.5 Å². The summed E-state index contributed by atoms with van der Waals surface area (Å²) in [6.07, 6.45) is 1.78. The molecule has 168 valence electrons. The zero-order valence-corrected chi connectivity index (χ0v) is 20.1. The van der Waals surface area contributed by atoms with Gasteiger partial charge < -0.3 is 4.74 Å². The van der Waals surface area contributed by atoms with Gasteiger partial charge in [0.25, 0.3) is 0 Å². The van der Waals surface area contributed by atoms with Gasteiger partial charge in [-0.25, -0.2) is 9.97 Å². The van der Waals surface area contributed by atoms with E-state index < -0.39 is 0 Å². The summed E-state index contributed by atoms with van der Waals surface area (Å²) < 4.78 is 5.40. The van der Waals surface area contributed by atoms with E-state index in [1.807, 2.05) is 55.6 Å². The number of hydrogen-bond acceptors (Lipinski definition) is 8. The van der Waals surface area contributed by atoms with Crippen LogP contribution in [0.5, 0.6) is 0 Å². The summed E-state index contributed by atoms with van der Waals surface area (Å²) in [6.45, 7) is 5.53. The maximum atomic E-state index is 12.4. The van der Waals surface area contributed by atoms with E-state index in [9.17, 15) is 9.59 Å². The van der Waals surface area contributed by atoms with E-state index in [-0.39, 0.29) is 24.9 Å². The highest BCUT2D eigenvalue weighted by Gasteiger charge is 2.20. The molecular weight excluding hydrogens is 456 g/mol. The number of thiazole rings is 2. The SMILES string of the molecule is CC(=O)N(c1nc(COC(=O)Cc2csc(-c3ccccn3)n2)cs1)c1cccc(C)c1C. The molecule has 4 rings (SSSR count). The number of nitrogens with zero attached hydrogens (tertiary/aromatic N) is 4. The lowest BCUT2D eigenvalue weighted by molar-refractivity contribution is -0.144. The van der Waals surface area contributed by atoms with Gasteiger partial charge in [0.1, 0.15) is 11.6 Å². The molecule has 1 amide bonds. The van der Waals surface area contributed by atoms with Gasteiger partial charge >= 0.3 is 5.97 Å². The Morgan fingerprint density at radius 1 is 1.00 bits per heavy atom. The van der Waals surface area contributed by atoms with Crippen molar-refractivity contribution in [2.75, 3.05) is 4.90 Å². The predicted octanol–water partition coefficient (Wildman–Crippen LogP) is 5.25. The molecule has 0 N–H and O–H groups in total. The number of anilines is 2. The Hall–Kier alpha value is -3.43. The van der Waals surface area contributed by atoms with Crippen molar-refractivity contribution in [3.63, 3.8) is 0 Å². The number of esters is 1. The van der Waals surface area contributed by atoms with Crippen LogP contribution in [-0.2, 0) is 27.4 Å². The highest BCUT2D eigenvalue weighted by Crippen LogP contribution is 2.32. The summed E-state index contributed by atoms with van der Waals surface area (Å²) in [4.78, 5) is 39.6. The van der Waals surface area contributed by atoms with E-state index in [0.717, 1.165) is 27.5 Å². The van der Waals surface area contributed by atoms with Crippen LogP contribution in [0.2, 0.25) is 0 Å². The number of pyridine rings is 1. The first-order valence-corrected chi connectivity index (χ1v) is 12.0. The number of amides is 1. The molecule has 0 fully saturated rings. The summed E-state index contributed by atoms with van der Waals surface area (Å²) in [7, 11) is 0. The number of benzene rings is 1. The van der Waals surface area contributed by atoms with E-state index >= 15 is 0 Å².